The zero-order valence-electron chi connectivity index (χ0n) is 16.6. The van der Waals surface area contributed by atoms with Crippen molar-refractivity contribution in [3.63, 3.8) is 0 Å². The van der Waals surface area contributed by atoms with Crippen molar-refractivity contribution in [2.24, 2.45) is 0 Å². The Kier molecular flexibility index (Phi) is 4.98. The van der Waals surface area contributed by atoms with E-state index in [9.17, 15) is 13.2 Å². The molecule has 0 radical (unpaired) electrons. The van der Waals surface area contributed by atoms with Gasteiger partial charge in [0.1, 0.15) is 5.75 Å². The maximum atomic E-state index is 13.1. The number of nitrogens with zero attached hydrogens (tertiary/aromatic N) is 4. The van der Waals surface area contributed by atoms with E-state index in [4.69, 9.17) is 9.26 Å². The summed E-state index contributed by atoms with van der Waals surface area (Å²) in [5.74, 6) is 1.51. The molecule has 1 amide bonds. The number of fused-ring (bicyclic) bond motifs is 1. The monoisotopic (exact) mass is 432 g/mol. The lowest BCUT2D eigenvalue weighted by Gasteiger charge is -2.30. The molecule has 2 aromatic rings. The Morgan fingerprint density at radius 3 is 2.63 bits per heavy atom. The topological polar surface area (TPSA) is 106 Å². The van der Waals surface area contributed by atoms with Crippen LogP contribution in [0.25, 0.3) is 0 Å². The zero-order chi connectivity index (χ0) is 20.7. The lowest BCUT2D eigenvalue weighted by molar-refractivity contribution is -0.121. The molecule has 0 bridgehead atoms. The van der Waals surface area contributed by atoms with Crippen molar-refractivity contribution in [3.8, 4) is 5.75 Å². The number of amides is 1. The average Bonchev–Trinajstić information content (AvgIpc) is 3.17. The standard InChI is InChI=1S/C20H24N4O5S/c25-19-13-28-17-8-7-15(30(26,27)23-9-2-1-3-10-23)11-16(17)24(19)12-18-21-20(29-22-18)14-5-4-6-14/h7-8,11,14H,1-6,9-10,12-13H2. The number of carbonyl (C=O) groups excluding carboxylic acids is 1. The molecule has 10 heteroatoms. The molecular formula is C20H24N4O5S. The first kappa shape index (κ1) is 19.5. The van der Waals surface area contributed by atoms with Gasteiger partial charge in [0.15, 0.2) is 12.4 Å². The Labute approximate surface area is 175 Å². The van der Waals surface area contributed by atoms with Crippen LogP contribution in [0.1, 0.15) is 56.2 Å². The zero-order valence-corrected chi connectivity index (χ0v) is 17.4. The summed E-state index contributed by atoms with van der Waals surface area (Å²) < 4.78 is 38.6. The number of aromatic nitrogens is 2. The van der Waals surface area contributed by atoms with Gasteiger partial charge in [-0.15, -0.1) is 0 Å². The van der Waals surface area contributed by atoms with Crippen LogP contribution in [0.3, 0.4) is 0 Å². The van der Waals surface area contributed by atoms with Gasteiger partial charge in [0.2, 0.25) is 15.9 Å². The first-order valence-corrected chi connectivity index (χ1v) is 11.9. The lowest BCUT2D eigenvalue weighted by Crippen LogP contribution is -2.39. The summed E-state index contributed by atoms with van der Waals surface area (Å²) in [6, 6.07) is 4.67. The number of anilines is 1. The maximum absolute atomic E-state index is 13.1. The molecule has 0 spiro atoms. The summed E-state index contributed by atoms with van der Waals surface area (Å²) in [4.78, 5) is 18.7. The number of carbonyl (C=O) groups is 1. The van der Waals surface area contributed by atoms with Crippen molar-refractivity contribution >= 4 is 21.6 Å². The van der Waals surface area contributed by atoms with Crippen LogP contribution in [0.15, 0.2) is 27.6 Å². The van der Waals surface area contributed by atoms with Crippen molar-refractivity contribution < 1.29 is 22.5 Å². The van der Waals surface area contributed by atoms with E-state index in [2.05, 4.69) is 10.1 Å². The van der Waals surface area contributed by atoms with Crippen LogP contribution in [0.2, 0.25) is 0 Å². The average molecular weight is 433 g/mol. The molecule has 0 unspecified atom stereocenters. The van der Waals surface area contributed by atoms with Gasteiger partial charge in [0, 0.05) is 19.0 Å². The quantitative estimate of drug-likeness (QED) is 0.714. The molecule has 1 saturated heterocycles. The third-order valence-electron chi connectivity index (χ3n) is 6.06. The molecule has 1 aliphatic carbocycles. The number of hydrogen-bond donors (Lipinski definition) is 0. The van der Waals surface area contributed by atoms with Gasteiger partial charge < -0.3 is 9.26 Å². The van der Waals surface area contributed by atoms with E-state index in [0.29, 0.717) is 42.2 Å². The van der Waals surface area contributed by atoms with E-state index < -0.39 is 10.0 Å². The predicted molar refractivity (Wildman–Crippen MR) is 107 cm³/mol. The molecule has 2 fully saturated rings. The van der Waals surface area contributed by atoms with Crippen LogP contribution in [0, 0.1) is 0 Å². The van der Waals surface area contributed by atoms with E-state index in [1.807, 2.05) is 0 Å². The fourth-order valence-electron chi connectivity index (χ4n) is 4.06. The smallest absolute Gasteiger partial charge is 0.265 e. The minimum Gasteiger partial charge on any atom is -0.482 e. The highest BCUT2D eigenvalue weighted by atomic mass is 32.2. The summed E-state index contributed by atoms with van der Waals surface area (Å²) >= 11 is 0. The van der Waals surface area contributed by atoms with Crippen molar-refractivity contribution in [2.75, 3.05) is 24.6 Å². The van der Waals surface area contributed by atoms with E-state index in [-0.39, 0.29) is 24.0 Å². The van der Waals surface area contributed by atoms with Gasteiger partial charge in [-0.1, -0.05) is 18.0 Å². The molecule has 3 aliphatic rings. The second-order valence-electron chi connectivity index (χ2n) is 8.04. The van der Waals surface area contributed by atoms with Crippen LogP contribution in [-0.4, -0.2) is 48.5 Å². The molecule has 1 saturated carbocycles. The van der Waals surface area contributed by atoms with Crippen molar-refractivity contribution in [1.82, 2.24) is 14.4 Å². The molecule has 1 aromatic carbocycles. The summed E-state index contributed by atoms with van der Waals surface area (Å²) in [6.45, 7) is 1.04. The Morgan fingerprint density at radius 2 is 1.90 bits per heavy atom. The molecule has 0 N–H and O–H groups in total. The molecule has 9 nitrogen and oxygen atoms in total. The molecule has 3 heterocycles. The highest BCUT2D eigenvalue weighted by Gasteiger charge is 2.32. The summed E-state index contributed by atoms with van der Waals surface area (Å²) in [7, 11) is -3.62. The molecule has 1 aromatic heterocycles. The normalized spacial score (nSPS) is 20.5. The van der Waals surface area contributed by atoms with Crippen LogP contribution in [-0.2, 0) is 21.4 Å². The lowest BCUT2D eigenvalue weighted by atomic mass is 9.85. The van der Waals surface area contributed by atoms with Crippen molar-refractivity contribution in [1.29, 1.82) is 0 Å². The minimum absolute atomic E-state index is 0.110. The number of rotatable bonds is 5. The van der Waals surface area contributed by atoms with E-state index in [1.165, 1.54) is 15.3 Å². The van der Waals surface area contributed by atoms with Gasteiger partial charge in [-0.05, 0) is 43.9 Å². The second-order valence-corrected chi connectivity index (χ2v) is 9.98. The van der Waals surface area contributed by atoms with E-state index >= 15 is 0 Å². The SMILES string of the molecule is O=C1COc2ccc(S(=O)(=O)N3CCCCC3)cc2N1Cc1noc(C2CCC2)n1. The molecule has 2 aliphatic heterocycles. The van der Waals surface area contributed by atoms with Gasteiger partial charge in [-0.25, -0.2) is 8.42 Å². The summed E-state index contributed by atoms with van der Waals surface area (Å²) in [5.41, 5.74) is 0.416. The largest absolute Gasteiger partial charge is 0.482 e. The van der Waals surface area contributed by atoms with Gasteiger partial charge in [-0.3, -0.25) is 9.69 Å². The Bertz CT molecular complexity index is 1060. The number of hydrogen-bond acceptors (Lipinski definition) is 7. The number of piperidine rings is 1. The Balaban J connectivity index is 1.44. The Morgan fingerprint density at radius 1 is 1.10 bits per heavy atom. The first-order chi connectivity index (χ1) is 14.5. The summed E-state index contributed by atoms with van der Waals surface area (Å²) in [5, 5.41) is 4.02. The number of benzene rings is 1. The van der Waals surface area contributed by atoms with Crippen molar-refractivity contribution in [2.45, 2.75) is 55.9 Å². The van der Waals surface area contributed by atoms with Gasteiger partial charge in [0.05, 0.1) is 17.1 Å². The first-order valence-electron chi connectivity index (χ1n) is 10.4. The third-order valence-corrected chi connectivity index (χ3v) is 7.96. The Hall–Kier alpha value is -2.46. The maximum Gasteiger partial charge on any atom is 0.265 e. The molecule has 0 atom stereocenters. The fraction of sp³-hybridized carbons (Fsp3) is 0.550. The fourth-order valence-corrected chi connectivity index (χ4v) is 5.60. The molecule has 160 valence electrons. The second kappa shape index (κ2) is 7.66. The van der Waals surface area contributed by atoms with E-state index in [0.717, 1.165) is 38.5 Å². The number of ether oxygens (including phenoxy) is 1. The van der Waals surface area contributed by atoms with Crippen LogP contribution >= 0.6 is 0 Å². The number of sulfonamides is 1. The minimum atomic E-state index is -3.62. The van der Waals surface area contributed by atoms with Crippen LogP contribution in [0.5, 0.6) is 5.75 Å². The molecule has 30 heavy (non-hydrogen) atoms. The molecular weight excluding hydrogens is 408 g/mol. The third kappa shape index (κ3) is 3.47. The predicted octanol–water partition coefficient (Wildman–Crippen LogP) is 2.44. The van der Waals surface area contributed by atoms with Crippen LogP contribution in [0.4, 0.5) is 5.69 Å². The van der Waals surface area contributed by atoms with E-state index in [1.54, 1.807) is 12.1 Å². The molecule has 5 rings (SSSR count). The van der Waals surface area contributed by atoms with Gasteiger partial charge in [-0.2, -0.15) is 9.29 Å². The highest BCUT2D eigenvalue weighted by Crippen LogP contribution is 2.37. The van der Waals surface area contributed by atoms with Gasteiger partial charge in [0.25, 0.3) is 5.91 Å². The van der Waals surface area contributed by atoms with Gasteiger partial charge >= 0.3 is 0 Å². The highest BCUT2D eigenvalue weighted by molar-refractivity contribution is 7.89. The van der Waals surface area contributed by atoms with Crippen molar-refractivity contribution in [3.05, 3.63) is 29.9 Å². The summed E-state index contributed by atoms with van der Waals surface area (Å²) in [6.07, 6.45) is 6.00. The van der Waals surface area contributed by atoms with Crippen LogP contribution < -0.4 is 9.64 Å².